The first kappa shape index (κ1) is 23.7. The third kappa shape index (κ3) is 4.81. The summed E-state index contributed by atoms with van der Waals surface area (Å²) in [4.78, 5) is 9.42. The molecular weight excluding hydrogens is 464 g/mol. The van der Waals surface area contributed by atoms with Gasteiger partial charge in [-0.1, -0.05) is 72.8 Å². The van der Waals surface area contributed by atoms with Crippen molar-refractivity contribution in [2.45, 2.75) is 26.9 Å². The zero-order chi connectivity index (χ0) is 25.9. The lowest BCUT2D eigenvalue weighted by Crippen LogP contribution is -2.06. The van der Waals surface area contributed by atoms with E-state index in [2.05, 4.69) is 108 Å². The molecule has 38 heavy (non-hydrogen) atoms. The number of nitrogens with one attached hydrogen (secondary N) is 2. The molecule has 0 aliphatic rings. The van der Waals surface area contributed by atoms with Crippen molar-refractivity contribution >= 4 is 32.9 Å². The van der Waals surface area contributed by atoms with E-state index in [-0.39, 0.29) is 0 Å². The monoisotopic (exact) mass is 494 g/mol. The number of hydrogen-bond donors (Lipinski definition) is 2. The van der Waals surface area contributed by atoms with E-state index in [0.717, 1.165) is 34.2 Å². The number of aromatic nitrogens is 2. The summed E-state index contributed by atoms with van der Waals surface area (Å²) in [7, 11) is 0. The lowest BCUT2D eigenvalue weighted by atomic mass is 9.91. The summed E-state index contributed by atoms with van der Waals surface area (Å²) in [6, 6.07) is 38.3. The van der Waals surface area contributed by atoms with Crippen molar-refractivity contribution in [2.24, 2.45) is 0 Å². The van der Waals surface area contributed by atoms with Crippen LogP contribution in [0.1, 0.15) is 22.8 Å². The van der Waals surface area contributed by atoms with Crippen LogP contribution in [0.25, 0.3) is 32.7 Å². The lowest BCUT2D eigenvalue weighted by Gasteiger charge is -2.21. The van der Waals surface area contributed by atoms with Gasteiger partial charge in [-0.25, -0.2) is 0 Å². The predicted octanol–water partition coefficient (Wildman–Crippen LogP) is 8.29. The fourth-order valence-corrected chi connectivity index (χ4v) is 5.14. The van der Waals surface area contributed by atoms with Crippen LogP contribution in [0.2, 0.25) is 0 Å². The van der Waals surface area contributed by atoms with Gasteiger partial charge in [0.25, 0.3) is 0 Å². The molecule has 2 N–H and O–H groups in total. The molecule has 6 aromatic rings. The Kier molecular flexibility index (Phi) is 6.45. The van der Waals surface area contributed by atoms with Gasteiger partial charge in [0, 0.05) is 33.9 Å². The Morgan fingerprint density at radius 2 is 0.921 bits per heavy atom. The molecule has 0 unspecified atom stereocenters. The Morgan fingerprint density at radius 1 is 0.474 bits per heavy atom. The van der Waals surface area contributed by atoms with Gasteiger partial charge in [-0.15, -0.1) is 0 Å². The van der Waals surface area contributed by atoms with Crippen LogP contribution in [0, 0.1) is 13.8 Å². The SMILES string of the molecule is Cc1cccc(CNc2ccc3ccccc3c2-c2c(NCc3cccc(C)n3)ccc3ccccc23)n1. The van der Waals surface area contributed by atoms with Crippen molar-refractivity contribution in [1.82, 2.24) is 9.97 Å². The molecular formula is C34H30N4. The van der Waals surface area contributed by atoms with Crippen LogP contribution in [-0.4, -0.2) is 9.97 Å². The zero-order valence-corrected chi connectivity index (χ0v) is 21.7. The largest absolute Gasteiger partial charge is 0.379 e. The number of nitrogens with zero attached hydrogens (tertiary/aromatic N) is 2. The van der Waals surface area contributed by atoms with Crippen LogP contribution in [0.4, 0.5) is 11.4 Å². The molecule has 0 bridgehead atoms. The van der Waals surface area contributed by atoms with Gasteiger partial charge < -0.3 is 10.6 Å². The Bertz CT molecular complexity index is 1620. The Morgan fingerprint density at radius 3 is 1.37 bits per heavy atom. The van der Waals surface area contributed by atoms with Crippen molar-refractivity contribution in [3.8, 4) is 11.1 Å². The number of pyridine rings is 2. The maximum absolute atomic E-state index is 4.71. The first-order valence-corrected chi connectivity index (χ1v) is 13.0. The number of hydrogen-bond acceptors (Lipinski definition) is 4. The van der Waals surface area contributed by atoms with Crippen LogP contribution < -0.4 is 10.6 Å². The Balaban J connectivity index is 1.51. The second-order valence-electron chi connectivity index (χ2n) is 9.67. The number of rotatable bonds is 7. The standard InChI is InChI=1S/C34H30N4/c1-23-9-7-13-27(37-23)21-35-31-19-17-25-11-3-5-15-29(25)33(31)34-30-16-6-4-12-26(30)18-20-32(34)36-22-28-14-8-10-24(2)38-28/h3-20,35-36H,21-22H2,1-2H3. The minimum atomic E-state index is 0.647. The molecule has 6 rings (SSSR count). The molecule has 0 radical (unpaired) electrons. The highest BCUT2D eigenvalue weighted by Crippen LogP contribution is 2.43. The van der Waals surface area contributed by atoms with Crippen LogP contribution in [0.3, 0.4) is 0 Å². The predicted molar refractivity (Wildman–Crippen MR) is 159 cm³/mol. The van der Waals surface area contributed by atoms with Gasteiger partial charge in [-0.2, -0.15) is 0 Å². The highest BCUT2D eigenvalue weighted by atomic mass is 14.9. The van der Waals surface area contributed by atoms with Gasteiger partial charge in [0.05, 0.1) is 24.5 Å². The third-order valence-corrected chi connectivity index (χ3v) is 6.92. The van der Waals surface area contributed by atoms with E-state index in [1.807, 2.05) is 26.0 Å². The molecule has 0 aliphatic carbocycles. The summed E-state index contributed by atoms with van der Waals surface area (Å²) < 4.78 is 0. The number of fused-ring (bicyclic) bond motifs is 2. The highest BCUT2D eigenvalue weighted by molar-refractivity contribution is 6.13. The summed E-state index contributed by atoms with van der Waals surface area (Å²) in [5.74, 6) is 0. The summed E-state index contributed by atoms with van der Waals surface area (Å²) >= 11 is 0. The minimum absolute atomic E-state index is 0.647. The minimum Gasteiger partial charge on any atom is -0.379 e. The molecule has 0 saturated heterocycles. The number of anilines is 2. The van der Waals surface area contributed by atoms with E-state index < -0.39 is 0 Å². The van der Waals surface area contributed by atoms with Crippen molar-refractivity contribution < 1.29 is 0 Å². The summed E-state index contributed by atoms with van der Waals surface area (Å²) in [5.41, 5.74) is 8.62. The fraction of sp³-hybridized carbons (Fsp3) is 0.118. The second kappa shape index (κ2) is 10.3. The molecule has 4 nitrogen and oxygen atoms in total. The smallest absolute Gasteiger partial charge is 0.0597 e. The molecule has 0 atom stereocenters. The Hall–Kier alpha value is -4.70. The van der Waals surface area contributed by atoms with Gasteiger partial charge in [-0.05, 0) is 71.8 Å². The van der Waals surface area contributed by atoms with Crippen LogP contribution in [-0.2, 0) is 13.1 Å². The van der Waals surface area contributed by atoms with Crippen molar-refractivity contribution in [2.75, 3.05) is 10.6 Å². The average molecular weight is 495 g/mol. The van der Waals surface area contributed by atoms with E-state index in [1.165, 1.54) is 32.7 Å². The average Bonchev–Trinajstić information content (AvgIpc) is 2.94. The summed E-state index contributed by atoms with van der Waals surface area (Å²) in [6.07, 6.45) is 0. The van der Waals surface area contributed by atoms with E-state index in [0.29, 0.717) is 13.1 Å². The number of aryl methyl sites for hydroxylation is 2. The quantitative estimate of drug-likeness (QED) is 0.234. The molecule has 0 amide bonds. The van der Waals surface area contributed by atoms with Crippen molar-refractivity contribution in [3.05, 3.63) is 132 Å². The molecule has 2 aromatic heterocycles. The topological polar surface area (TPSA) is 49.8 Å². The molecule has 4 heteroatoms. The van der Waals surface area contributed by atoms with E-state index in [4.69, 9.17) is 9.97 Å². The van der Waals surface area contributed by atoms with Gasteiger partial charge >= 0.3 is 0 Å². The lowest BCUT2D eigenvalue weighted by molar-refractivity contribution is 1.01. The maximum atomic E-state index is 4.71. The van der Waals surface area contributed by atoms with Crippen LogP contribution in [0.5, 0.6) is 0 Å². The summed E-state index contributed by atoms with van der Waals surface area (Å²) in [5, 5.41) is 12.3. The summed E-state index contributed by atoms with van der Waals surface area (Å²) in [6.45, 7) is 5.35. The first-order valence-electron chi connectivity index (χ1n) is 13.0. The number of benzene rings is 4. The molecule has 0 fully saturated rings. The highest BCUT2D eigenvalue weighted by Gasteiger charge is 2.17. The van der Waals surface area contributed by atoms with Gasteiger partial charge in [0.1, 0.15) is 0 Å². The first-order chi connectivity index (χ1) is 18.7. The zero-order valence-electron chi connectivity index (χ0n) is 21.7. The van der Waals surface area contributed by atoms with Gasteiger partial charge in [0.2, 0.25) is 0 Å². The van der Waals surface area contributed by atoms with E-state index >= 15 is 0 Å². The molecule has 4 aromatic carbocycles. The molecule has 0 aliphatic heterocycles. The van der Waals surface area contributed by atoms with E-state index in [1.54, 1.807) is 0 Å². The van der Waals surface area contributed by atoms with Crippen LogP contribution >= 0.6 is 0 Å². The molecule has 186 valence electrons. The van der Waals surface area contributed by atoms with Gasteiger partial charge in [-0.3, -0.25) is 9.97 Å². The normalized spacial score (nSPS) is 11.1. The Labute approximate surface area is 223 Å². The fourth-order valence-electron chi connectivity index (χ4n) is 5.14. The van der Waals surface area contributed by atoms with Crippen molar-refractivity contribution in [3.63, 3.8) is 0 Å². The second-order valence-corrected chi connectivity index (χ2v) is 9.67. The van der Waals surface area contributed by atoms with Crippen LogP contribution in [0.15, 0.2) is 109 Å². The molecule has 2 heterocycles. The maximum Gasteiger partial charge on any atom is 0.0597 e. The van der Waals surface area contributed by atoms with Gasteiger partial charge in [0.15, 0.2) is 0 Å². The van der Waals surface area contributed by atoms with E-state index in [9.17, 15) is 0 Å². The third-order valence-electron chi connectivity index (χ3n) is 6.92. The molecule has 0 saturated carbocycles. The molecule has 0 spiro atoms. The van der Waals surface area contributed by atoms with Crippen molar-refractivity contribution in [1.29, 1.82) is 0 Å².